The highest BCUT2D eigenvalue weighted by atomic mass is 32.1. The number of hydrogen-bond acceptors (Lipinski definition) is 7. The lowest BCUT2D eigenvalue weighted by Crippen LogP contribution is -2.45. The molecule has 0 unspecified atom stereocenters. The number of aromatic nitrogens is 2. The molecule has 9 nitrogen and oxygen atoms in total. The van der Waals surface area contributed by atoms with E-state index in [1.165, 1.54) is 26.2 Å². The van der Waals surface area contributed by atoms with Gasteiger partial charge in [0.05, 0.1) is 16.6 Å². The molecule has 3 N–H and O–H groups in total. The topological polar surface area (TPSA) is 114 Å². The molecule has 33 heavy (non-hydrogen) atoms. The zero-order chi connectivity index (χ0) is 23.4. The van der Waals surface area contributed by atoms with Crippen LogP contribution in [0.2, 0.25) is 0 Å². The van der Waals surface area contributed by atoms with Gasteiger partial charge in [-0.3, -0.25) is 19.1 Å². The Morgan fingerprint density at radius 1 is 1.06 bits per heavy atom. The van der Waals surface area contributed by atoms with Crippen LogP contribution in [0.5, 0.6) is 0 Å². The Balaban J connectivity index is 1.28. The summed E-state index contributed by atoms with van der Waals surface area (Å²) in [6.07, 6.45) is 9.34. The molecule has 2 aromatic heterocycles. The Kier molecular flexibility index (Phi) is 7.64. The Hall–Kier alpha value is -2.46. The number of hydrogen-bond donors (Lipinski definition) is 3. The van der Waals surface area contributed by atoms with Crippen molar-refractivity contribution in [3.8, 4) is 0 Å². The monoisotopic (exact) mass is 475 g/mol. The van der Waals surface area contributed by atoms with Crippen LogP contribution in [0.4, 0.5) is 0 Å². The second-order valence-electron chi connectivity index (χ2n) is 9.16. The van der Waals surface area contributed by atoms with Gasteiger partial charge in [-0.25, -0.2) is 0 Å². The van der Waals surface area contributed by atoms with Crippen molar-refractivity contribution in [2.45, 2.75) is 89.8 Å². The van der Waals surface area contributed by atoms with Gasteiger partial charge in [-0.2, -0.15) is 5.10 Å². The van der Waals surface area contributed by atoms with Gasteiger partial charge >= 0.3 is 5.97 Å². The molecule has 0 saturated heterocycles. The number of rotatable bonds is 7. The SMILES string of the molecule is CC(=O)ONCC(=O)NC1CCC(NC(=O)c2cc3c(C)nn(C4CCCCC4)c3s2)CC1. The number of nitrogens with zero attached hydrogens (tertiary/aromatic N) is 2. The van der Waals surface area contributed by atoms with Crippen LogP contribution in [0.3, 0.4) is 0 Å². The maximum Gasteiger partial charge on any atom is 0.321 e. The van der Waals surface area contributed by atoms with E-state index in [0.717, 1.165) is 59.3 Å². The summed E-state index contributed by atoms with van der Waals surface area (Å²) in [5.41, 5.74) is 3.33. The number of amides is 2. The lowest BCUT2D eigenvalue weighted by molar-refractivity contribution is -0.149. The summed E-state index contributed by atoms with van der Waals surface area (Å²) in [7, 11) is 0. The molecule has 2 saturated carbocycles. The number of hydroxylamine groups is 1. The van der Waals surface area contributed by atoms with Crippen LogP contribution in [-0.4, -0.2) is 46.2 Å². The van der Waals surface area contributed by atoms with Crippen molar-refractivity contribution in [2.75, 3.05) is 6.54 Å². The molecule has 180 valence electrons. The summed E-state index contributed by atoms with van der Waals surface area (Å²) in [6.45, 7) is 3.22. The summed E-state index contributed by atoms with van der Waals surface area (Å²) in [5.74, 6) is -0.723. The average molecular weight is 476 g/mol. The highest BCUT2D eigenvalue weighted by molar-refractivity contribution is 7.20. The van der Waals surface area contributed by atoms with E-state index >= 15 is 0 Å². The maximum absolute atomic E-state index is 13.0. The fourth-order valence-electron chi connectivity index (χ4n) is 4.88. The minimum absolute atomic E-state index is 0.0242. The van der Waals surface area contributed by atoms with E-state index in [1.807, 2.05) is 13.0 Å². The van der Waals surface area contributed by atoms with Crippen LogP contribution < -0.4 is 16.1 Å². The van der Waals surface area contributed by atoms with Crippen LogP contribution in [0.25, 0.3) is 10.2 Å². The van der Waals surface area contributed by atoms with Gasteiger partial charge in [0.25, 0.3) is 5.91 Å². The first-order chi connectivity index (χ1) is 15.9. The Morgan fingerprint density at radius 3 is 2.39 bits per heavy atom. The van der Waals surface area contributed by atoms with Gasteiger partial charge in [0, 0.05) is 24.4 Å². The zero-order valence-electron chi connectivity index (χ0n) is 19.3. The molecule has 0 aliphatic heterocycles. The first-order valence-corrected chi connectivity index (χ1v) is 12.7. The Labute approximate surface area is 197 Å². The van der Waals surface area contributed by atoms with Gasteiger partial charge in [0.1, 0.15) is 11.4 Å². The Bertz CT molecular complexity index is 1000. The van der Waals surface area contributed by atoms with Crippen molar-refractivity contribution in [1.29, 1.82) is 0 Å². The second-order valence-corrected chi connectivity index (χ2v) is 10.2. The van der Waals surface area contributed by atoms with Crippen LogP contribution in [0.15, 0.2) is 6.07 Å². The normalized spacial score (nSPS) is 21.6. The summed E-state index contributed by atoms with van der Waals surface area (Å²) in [6, 6.07) is 2.60. The first kappa shape index (κ1) is 23.7. The van der Waals surface area contributed by atoms with Gasteiger partial charge in [-0.15, -0.1) is 16.8 Å². The van der Waals surface area contributed by atoms with Crippen LogP contribution in [-0.2, 0) is 14.4 Å². The van der Waals surface area contributed by atoms with Crippen LogP contribution >= 0.6 is 11.3 Å². The van der Waals surface area contributed by atoms with Crippen molar-refractivity contribution in [3.05, 3.63) is 16.6 Å². The predicted octanol–water partition coefficient (Wildman–Crippen LogP) is 3.14. The number of thiophene rings is 1. The minimum atomic E-state index is -0.487. The van der Waals surface area contributed by atoms with Gasteiger partial charge < -0.3 is 15.5 Å². The molecule has 0 bridgehead atoms. The molecule has 2 aromatic rings. The van der Waals surface area contributed by atoms with Crippen molar-refractivity contribution < 1.29 is 19.2 Å². The largest absolute Gasteiger partial charge is 0.371 e. The van der Waals surface area contributed by atoms with E-state index < -0.39 is 5.97 Å². The number of carbonyl (C=O) groups is 3. The molecular weight excluding hydrogens is 442 g/mol. The number of nitrogens with one attached hydrogen (secondary N) is 3. The molecule has 10 heteroatoms. The summed E-state index contributed by atoms with van der Waals surface area (Å²) < 4.78 is 2.16. The number of carbonyl (C=O) groups excluding carboxylic acids is 3. The third kappa shape index (κ3) is 5.92. The molecule has 2 amide bonds. The van der Waals surface area contributed by atoms with E-state index in [-0.39, 0.29) is 30.4 Å². The van der Waals surface area contributed by atoms with Crippen LogP contribution in [0.1, 0.15) is 86.1 Å². The summed E-state index contributed by atoms with van der Waals surface area (Å²) in [4.78, 5) is 42.0. The highest BCUT2D eigenvalue weighted by Crippen LogP contribution is 2.35. The maximum atomic E-state index is 13.0. The molecule has 0 atom stereocenters. The van der Waals surface area contributed by atoms with E-state index in [9.17, 15) is 14.4 Å². The quantitative estimate of drug-likeness (QED) is 0.530. The summed E-state index contributed by atoms with van der Waals surface area (Å²) in [5, 5.41) is 12.0. The van der Waals surface area contributed by atoms with E-state index in [4.69, 9.17) is 5.10 Å². The smallest absolute Gasteiger partial charge is 0.321 e. The van der Waals surface area contributed by atoms with E-state index in [2.05, 4.69) is 25.6 Å². The van der Waals surface area contributed by atoms with Gasteiger partial charge in [-0.1, -0.05) is 19.3 Å². The van der Waals surface area contributed by atoms with Gasteiger partial charge in [-0.05, 0) is 51.5 Å². The first-order valence-electron chi connectivity index (χ1n) is 11.9. The molecule has 2 aliphatic rings. The van der Waals surface area contributed by atoms with E-state index in [1.54, 1.807) is 11.3 Å². The lowest BCUT2D eigenvalue weighted by atomic mass is 9.91. The average Bonchev–Trinajstić information content (AvgIpc) is 3.36. The fourth-order valence-corrected chi connectivity index (χ4v) is 6.01. The number of fused-ring (bicyclic) bond motifs is 1. The minimum Gasteiger partial charge on any atom is -0.371 e. The third-order valence-electron chi connectivity index (χ3n) is 6.59. The van der Waals surface area contributed by atoms with Crippen molar-refractivity contribution >= 4 is 39.3 Å². The molecule has 2 heterocycles. The molecular formula is C23H33N5O4S. The van der Waals surface area contributed by atoms with Crippen molar-refractivity contribution in [2.24, 2.45) is 0 Å². The van der Waals surface area contributed by atoms with Crippen molar-refractivity contribution in [3.63, 3.8) is 0 Å². The molecule has 2 aliphatic carbocycles. The van der Waals surface area contributed by atoms with E-state index in [0.29, 0.717) is 6.04 Å². The molecule has 0 aromatic carbocycles. The Morgan fingerprint density at radius 2 is 1.73 bits per heavy atom. The fraction of sp³-hybridized carbons (Fsp3) is 0.652. The molecule has 0 spiro atoms. The third-order valence-corrected chi connectivity index (χ3v) is 7.71. The van der Waals surface area contributed by atoms with Gasteiger partial charge in [0.15, 0.2) is 0 Å². The molecule has 0 radical (unpaired) electrons. The van der Waals surface area contributed by atoms with Crippen molar-refractivity contribution in [1.82, 2.24) is 25.9 Å². The second kappa shape index (κ2) is 10.6. The zero-order valence-corrected chi connectivity index (χ0v) is 20.1. The lowest BCUT2D eigenvalue weighted by Gasteiger charge is -2.29. The molecule has 2 fully saturated rings. The highest BCUT2D eigenvalue weighted by Gasteiger charge is 2.26. The van der Waals surface area contributed by atoms with Gasteiger partial charge in [0.2, 0.25) is 5.91 Å². The molecule has 4 rings (SSSR count). The summed E-state index contributed by atoms with van der Waals surface area (Å²) >= 11 is 1.54. The number of aryl methyl sites for hydroxylation is 1. The van der Waals surface area contributed by atoms with Crippen LogP contribution in [0, 0.1) is 6.92 Å². The predicted molar refractivity (Wildman–Crippen MR) is 126 cm³/mol. The standard InChI is InChI=1S/C23H33N5O4S/c1-14-19-12-20(33-23(19)28(27-14)18-6-4-3-5-7-18)22(31)26-17-10-8-16(9-11-17)25-21(30)13-24-32-15(2)29/h12,16-18,24H,3-11,13H2,1-2H3,(H,25,30)(H,26,31).